The molecule has 1 aliphatic heterocycles. The van der Waals surface area contributed by atoms with E-state index in [-0.39, 0.29) is 6.17 Å². The number of nitrogens with one attached hydrogen (secondary N) is 2. The van der Waals surface area contributed by atoms with Gasteiger partial charge in [0.15, 0.2) is 0 Å². The first-order valence-electron chi connectivity index (χ1n) is 9.95. The molecule has 0 bridgehead atoms. The normalized spacial score (nSPS) is 16.2. The van der Waals surface area contributed by atoms with Crippen LogP contribution in [0.1, 0.15) is 25.5 Å². The highest BCUT2D eigenvalue weighted by atomic mass is 16.5. The van der Waals surface area contributed by atoms with Crippen molar-refractivity contribution in [1.29, 1.82) is 0 Å². The number of anilines is 2. The maximum absolute atomic E-state index is 5.50. The topological polar surface area (TPSA) is 75.5 Å². The number of nitrogens with zero attached hydrogens (tertiary/aromatic N) is 3. The van der Waals surface area contributed by atoms with E-state index in [4.69, 9.17) is 19.1 Å². The number of rotatable bonds is 8. The van der Waals surface area contributed by atoms with Crippen molar-refractivity contribution < 1.29 is 9.15 Å². The summed E-state index contributed by atoms with van der Waals surface area (Å²) in [5.41, 5.74) is 0.916. The summed E-state index contributed by atoms with van der Waals surface area (Å²) in [6, 6.07) is 11.9. The molecule has 148 valence electrons. The van der Waals surface area contributed by atoms with Crippen molar-refractivity contribution in [3.05, 3.63) is 48.4 Å². The Kier molecular flexibility index (Phi) is 6.04. The molecule has 0 saturated carbocycles. The molecule has 2 aromatic heterocycles. The zero-order valence-corrected chi connectivity index (χ0v) is 16.2. The van der Waals surface area contributed by atoms with Gasteiger partial charge in [0, 0.05) is 18.5 Å². The lowest BCUT2D eigenvalue weighted by molar-refractivity contribution is 0.0202. The third-order valence-electron chi connectivity index (χ3n) is 4.96. The van der Waals surface area contributed by atoms with Crippen molar-refractivity contribution in [3.8, 4) is 0 Å². The number of ether oxygens (including phenoxy) is 1. The van der Waals surface area contributed by atoms with Crippen molar-refractivity contribution >= 4 is 22.7 Å². The second-order valence-corrected chi connectivity index (χ2v) is 6.94. The van der Waals surface area contributed by atoms with Gasteiger partial charge in [0.25, 0.3) is 0 Å². The third kappa shape index (κ3) is 4.43. The predicted molar refractivity (Wildman–Crippen MR) is 110 cm³/mol. The van der Waals surface area contributed by atoms with Gasteiger partial charge in [0.2, 0.25) is 5.95 Å². The van der Waals surface area contributed by atoms with Gasteiger partial charge >= 0.3 is 0 Å². The maximum atomic E-state index is 5.50. The zero-order chi connectivity index (χ0) is 19.2. The van der Waals surface area contributed by atoms with Gasteiger partial charge in [-0.05, 0) is 30.7 Å². The molecule has 7 nitrogen and oxygen atoms in total. The fourth-order valence-corrected chi connectivity index (χ4v) is 3.52. The van der Waals surface area contributed by atoms with Crippen molar-refractivity contribution in [2.24, 2.45) is 0 Å². The van der Waals surface area contributed by atoms with E-state index in [1.54, 1.807) is 6.26 Å². The van der Waals surface area contributed by atoms with E-state index in [1.165, 1.54) is 0 Å². The quantitative estimate of drug-likeness (QED) is 0.616. The Balaban J connectivity index is 1.58. The molecule has 7 heteroatoms. The van der Waals surface area contributed by atoms with Gasteiger partial charge in [0.1, 0.15) is 11.6 Å². The van der Waals surface area contributed by atoms with Crippen molar-refractivity contribution in [1.82, 2.24) is 14.9 Å². The fourth-order valence-electron chi connectivity index (χ4n) is 3.52. The molecule has 1 aromatic carbocycles. The first-order chi connectivity index (χ1) is 13.8. The van der Waals surface area contributed by atoms with Crippen LogP contribution in [0.5, 0.6) is 0 Å². The standard InChI is InChI=1S/C21H27N5O2/c1-2-6-19(26-10-13-27-14-11-26)24-21-23-18-9-4-3-8-17(18)20(25-21)22-15-16-7-5-12-28-16/h3-5,7-9,12,19H,2,6,10-11,13-15H2,1H3,(H2,22,23,24,25). The van der Waals surface area contributed by atoms with Crippen LogP contribution in [0.3, 0.4) is 0 Å². The summed E-state index contributed by atoms with van der Waals surface area (Å²) >= 11 is 0. The minimum atomic E-state index is 0.202. The second-order valence-electron chi connectivity index (χ2n) is 6.94. The number of benzene rings is 1. The average Bonchev–Trinajstić information content (AvgIpc) is 3.26. The van der Waals surface area contributed by atoms with Gasteiger partial charge in [-0.2, -0.15) is 4.98 Å². The van der Waals surface area contributed by atoms with Gasteiger partial charge < -0.3 is 19.8 Å². The average molecular weight is 381 g/mol. The molecular formula is C21H27N5O2. The van der Waals surface area contributed by atoms with Crippen LogP contribution in [0, 0.1) is 0 Å². The summed E-state index contributed by atoms with van der Waals surface area (Å²) in [7, 11) is 0. The van der Waals surface area contributed by atoms with Crippen LogP contribution in [-0.4, -0.2) is 47.3 Å². The lowest BCUT2D eigenvalue weighted by Gasteiger charge is -2.34. The molecule has 0 amide bonds. The Morgan fingerprint density at radius 3 is 2.75 bits per heavy atom. The summed E-state index contributed by atoms with van der Waals surface area (Å²) in [5.74, 6) is 2.32. The van der Waals surface area contributed by atoms with Crippen LogP contribution in [-0.2, 0) is 11.3 Å². The Morgan fingerprint density at radius 1 is 1.11 bits per heavy atom. The molecule has 0 spiro atoms. The van der Waals surface area contributed by atoms with Crippen molar-refractivity contribution in [2.45, 2.75) is 32.5 Å². The number of hydrogen-bond acceptors (Lipinski definition) is 7. The highest BCUT2D eigenvalue weighted by Crippen LogP contribution is 2.23. The molecule has 1 unspecified atom stereocenters. The molecular weight excluding hydrogens is 354 g/mol. The minimum absolute atomic E-state index is 0.202. The predicted octanol–water partition coefficient (Wildman–Crippen LogP) is 3.71. The van der Waals surface area contributed by atoms with E-state index in [0.717, 1.165) is 61.6 Å². The molecule has 3 aromatic rings. The molecule has 0 aliphatic carbocycles. The fraction of sp³-hybridized carbons (Fsp3) is 0.429. The number of hydrogen-bond donors (Lipinski definition) is 2. The van der Waals surface area contributed by atoms with Crippen LogP contribution in [0.25, 0.3) is 10.9 Å². The first-order valence-corrected chi connectivity index (χ1v) is 9.95. The third-order valence-corrected chi connectivity index (χ3v) is 4.96. The molecule has 28 heavy (non-hydrogen) atoms. The van der Waals surface area contributed by atoms with Gasteiger partial charge in [0.05, 0.1) is 37.7 Å². The number of morpholine rings is 1. The number of para-hydroxylation sites is 1. The summed E-state index contributed by atoms with van der Waals surface area (Å²) in [6.45, 7) is 6.18. The summed E-state index contributed by atoms with van der Waals surface area (Å²) < 4.78 is 10.9. The largest absolute Gasteiger partial charge is 0.467 e. The Morgan fingerprint density at radius 2 is 1.96 bits per heavy atom. The van der Waals surface area contributed by atoms with E-state index >= 15 is 0 Å². The van der Waals surface area contributed by atoms with Gasteiger partial charge in [-0.15, -0.1) is 0 Å². The van der Waals surface area contributed by atoms with E-state index < -0.39 is 0 Å². The van der Waals surface area contributed by atoms with Gasteiger partial charge in [-0.1, -0.05) is 25.5 Å². The van der Waals surface area contributed by atoms with Gasteiger partial charge in [-0.25, -0.2) is 4.98 Å². The zero-order valence-electron chi connectivity index (χ0n) is 16.2. The SMILES string of the molecule is CCCC(Nc1nc(NCc2ccco2)c2ccccc2n1)N1CCOCC1. The molecule has 1 atom stereocenters. The lowest BCUT2D eigenvalue weighted by Crippen LogP contribution is -2.47. The van der Waals surface area contributed by atoms with Crippen LogP contribution in [0.2, 0.25) is 0 Å². The highest BCUT2D eigenvalue weighted by molar-refractivity contribution is 5.90. The number of furan rings is 1. The second kappa shape index (κ2) is 9.03. The van der Waals surface area contributed by atoms with Crippen molar-refractivity contribution in [2.75, 3.05) is 36.9 Å². The minimum Gasteiger partial charge on any atom is -0.467 e. The summed E-state index contributed by atoms with van der Waals surface area (Å²) in [6.07, 6.45) is 4.00. The van der Waals surface area contributed by atoms with Gasteiger partial charge in [-0.3, -0.25) is 4.90 Å². The van der Waals surface area contributed by atoms with Crippen LogP contribution in [0.4, 0.5) is 11.8 Å². The molecule has 3 heterocycles. The lowest BCUT2D eigenvalue weighted by atomic mass is 10.2. The maximum Gasteiger partial charge on any atom is 0.226 e. The summed E-state index contributed by atoms with van der Waals surface area (Å²) in [4.78, 5) is 12.0. The number of fused-ring (bicyclic) bond motifs is 1. The van der Waals surface area contributed by atoms with E-state index in [2.05, 4.69) is 22.5 Å². The van der Waals surface area contributed by atoms with E-state index in [0.29, 0.717) is 12.5 Å². The van der Waals surface area contributed by atoms with Crippen LogP contribution >= 0.6 is 0 Å². The first kappa shape index (κ1) is 18.7. The number of aromatic nitrogens is 2. The van der Waals surface area contributed by atoms with Crippen LogP contribution < -0.4 is 10.6 Å². The monoisotopic (exact) mass is 381 g/mol. The van der Waals surface area contributed by atoms with E-state index in [9.17, 15) is 0 Å². The summed E-state index contributed by atoms with van der Waals surface area (Å²) in [5, 5.41) is 7.96. The van der Waals surface area contributed by atoms with Crippen LogP contribution in [0.15, 0.2) is 47.1 Å². The molecule has 2 N–H and O–H groups in total. The smallest absolute Gasteiger partial charge is 0.226 e. The van der Waals surface area contributed by atoms with Crippen molar-refractivity contribution in [3.63, 3.8) is 0 Å². The Hall–Kier alpha value is -2.64. The Labute approximate surface area is 165 Å². The molecule has 4 rings (SSSR count). The molecule has 1 fully saturated rings. The Bertz CT molecular complexity index is 878. The highest BCUT2D eigenvalue weighted by Gasteiger charge is 2.21. The molecule has 0 radical (unpaired) electrons. The van der Waals surface area contributed by atoms with E-state index in [1.807, 2.05) is 36.4 Å². The molecule has 1 saturated heterocycles. The molecule has 1 aliphatic rings.